The lowest BCUT2D eigenvalue weighted by Crippen LogP contribution is -2.34. The lowest BCUT2D eigenvalue weighted by molar-refractivity contribution is -0.134. The summed E-state index contributed by atoms with van der Waals surface area (Å²) in [5, 5.41) is 13.8. The van der Waals surface area contributed by atoms with Crippen molar-refractivity contribution >= 4 is 23.1 Å². The van der Waals surface area contributed by atoms with Gasteiger partial charge in [0.05, 0.1) is 5.56 Å². The number of hydrogen-bond donors (Lipinski definition) is 1. The molecule has 7 heteroatoms. The molecule has 0 unspecified atom stereocenters. The van der Waals surface area contributed by atoms with Gasteiger partial charge < -0.3 is 9.63 Å². The van der Waals surface area contributed by atoms with Crippen LogP contribution in [0.25, 0.3) is 11.5 Å². The first kappa shape index (κ1) is 19.7. The number of allylic oxidation sites excluding steroid dienone is 1. The Bertz CT molecular complexity index is 1080. The van der Waals surface area contributed by atoms with Gasteiger partial charge in [0.1, 0.15) is 0 Å². The third-order valence-electron chi connectivity index (χ3n) is 7.14. The second-order valence-electron chi connectivity index (χ2n) is 9.51. The summed E-state index contributed by atoms with van der Waals surface area (Å²) in [4.78, 5) is 32.1. The van der Waals surface area contributed by atoms with Gasteiger partial charge in [0, 0.05) is 27.3 Å². The Morgan fingerprint density at radius 1 is 1.17 bits per heavy atom. The molecule has 2 bridgehead atoms. The summed E-state index contributed by atoms with van der Waals surface area (Å²) in [6.45, 7) is 6.22. The van der Waals surface area contributed by atoms with Crippen molar-refractivity contribution in [3.8, 4) is 11.5 Å². The highest BCUT2D eigenvalue weighted by atomic mass is 32.1. The zero-order valence-corrected chi connectivity index (χ0v) is 18.4. The van der Waals surface area contributed by atoms with E-state index in [2.05, 4.69) is 24.0 Å². The van der Waals surface area contributed by atoms with E-state index in [4.69, 9.17) is 4.52 Å². The Morgan fingerprint density at radius 2 is 1.83 bits per heavy atom. The smallest absolute Gasteiger partial charge is 0.332 e. The molecule has 0 atom stereocenters. The molecule has 1 N–H and O–H groups in total. The average molecular weight is 427 g/mol. The second-order valence-corrected chi connectivity index (χ2v) is 10.7. The van der Waals surface area contributed by atoms with Gasteiger partial charge in [-0.05, 0) is 68.3 Å². The number of aryl methyl sites for hydroxylation is 2. The van der Waals surface area contributed by atoms with E-state index in [1.54, 1.807) is 18.3 Å². The molecule has 0 saturated heterocycles. The maximum atomic E-state index is 13.5. The first-order valence-electron chi connectivity index (χ1n) is 10.7. The fraction of sp³-hybridized carbons (Fsp3) is 0.565. The molecule has 0 radical (unpaired) electrons. The summed E-state index contributed by atoms with van der Waals surface area (Å²) in [7, 11) is 0. The van der Waals surface area contributed by atoms with Gasteiger partial charge in [0.25, 0.3) is 5.89 Å². The van der Waals surface area contributed by atoms with Crippen LogP contribution < -0.4 is 0 Å². The van der Waals surface area contributed by atoms with Crippen LogP contribution in [-0.4, -0.2) is 27.0 Å². The summed E-state index contributed by atoms with van der Waals surface area (Å²) in [5.41, 5.74) is 3.06. The molecule has 0 aromatic carbocycles. The second kappa shape index (κ2) is 6.87. The van der Waals surface area contributed by atoms with Crippen molar-refractivity contribution in [2.24, 2.45) is 11.8 Å². The Morgan fingerprint density at radius 3 is 2.43 bits per heavy atom. The van der Waals surface area contributed by atoms with E-state index in [1.165, 1.54) is 10.4 Å². The van der Waals surface area contributed by atoms with Gasteiger partial charge in [-0.3, -0.25) is 4.79 Å². The molecule has 1 saturated carbocycles. The number of carboxylic acid groups (broad SMARTS) is 1. The zero-order chi connectivity index (χ0) is 21.2. The first-order valence-corrected chi connectivity index (χ1v) is 11.5. The maximum absolute atomic E-state index is 13.5. The van der Waals surface area contributed by atoms with Crippen LogP contribution >= 0.6 is 11.3 Å². The van der Waals surface area contributed by atoms with Crippen LogP contribution in [0.15, 0.2) is 15.7 Å². The number of thiophene rings is 1. The SMILES string of the molecule is Cc1noc(-c2c(CC(=O)C3=C(C(=O)O)C4CCC3CC4)sc3c2C(C)(C)CC3)n1. The highest BCUT2D eigenvalue weighted by Crippen LogP contribution is 2.51. The quantitative estimate of drug-likeness (QED) is 0.748. The minimum atomic E-state index is -0.921. The number of carboxylic acids is 1. The minimum absolute atomic E-state index is 0.0137. The number of carbonyl (C=O) groups excluding carboxylic acids is 1. The van der Waals surface area contributed by atoms with Crippen molar-refractivity contribution < 1.29 is 19.2 Å². The number of aliphatic carboxylic acids is 1. The number of nitrogens with zero attached hydrogens (tertiary/aromatic N) is 2. The standard InChI is InChI=1S/C23H26N2O4S/c1-11-24-21(29-25-11)19-16(30-15-8-9-23(2,3)20(15)19)10-14(26)17-12-4-6-13(7-5-12)18(17)22(27)28/h12-13H,4-10H2,1-3H3,(H,27,28). The van der Waals surface area contributed by atoms with E-state index in [0.717, 1.165) is 49.0 Å². The number of hydrogen-bond acceptors (Lipinski definition) is 6. The molecule has 0 amide bonds. The molecule has 158 valence electrons. The van der Waals surface area contributed by atoms with Gasteiger partial charge in [-0.2, -0.15) is 4.98 Å². The van der Waals surface area contributed by atoms with Crippen LogP contribution in [0.4, 0.5) is 0 Å². The summed E-state index contributed by atoms with van der Waals surface area (Å²) in [6.07, 6.45) is 5.86. The van der Waals surface area contributed by atoms with E-state index >= 15 is 0 Å². The molecule has 0 spiro atoms. The van der Waals surface area contributed by atoms with E-state index in [9.17, 15) is 14.7 Å². The van der Waals surface area contributed by atoms with Gasteiger partial charge >= 0.3 is 5.97 Å². The van der Waals surface area contributed by atoms with Crippen molar-refractivity contribution in [2.45, 2.75) is 71.1 Å². The Balaban J connectivity index is 1.58. The topological polar surface area (TPSA) is 93.3 Å². The lowest BCUT2D eigenvalue weighted by atomic mass is 9.65. The average Bonchev–Trinajstić information content (AvgIpc) is 3.37. The van der Waals surface area contributed by atoms with E-state index < -0.39 is 5.97 Å². The Labute approximate surface area is 179 Å². The highest BCUT2D eigenvalue weighted by molar-refractivity contribution is 7.13. The van der Waals surface area contributed by atoms with E-state index in [0.29, 0.717) is 22.9 Å². The van der Waals surface area contributed by atoms with Crippen LogP contribution in [0, 0.1) is 18.8 Å². The number of fused-ring (bicyclic) bond motifs is 3. The van der Waals surface area contributed by atoms with E-state index in [-0.39, 0.29) is 29.5 Å². The van der Waals surface area contributed by atoms with Gasteiger partial charge in [-0.1, -0.05) is 19.0 Å². The highest BCUT2D eigenvalue weighted by Gasteiger charge is 2.42. The predicted octanol–water partition coefficient (Wildman–Crippen LogP) is 4.64. The largest absolute Gasteiger partial charge is 0.478 e. The molecular weight excluding hydrogens is 400 g/mol. The van der Waals surface area contributed by atoms with E-state index in [1.807, 2.05) is 0 Å². The molecule has 1 fully saturated rings. The first-order chi connectivity index (χ1) is 14.3. The van der Waals surface area contributed by atoms with Crippen LogP contribution in [0.1, 0.15) is 67.1 Å². The van der Waals surface area contributed by atoms with Crippen molar-refractivity contribution in [1.82, 2.24) is 10.1 Å². The molecule has 30 heavy (non-hydrogen) atoms. The normalized spacial score (nSPS) is 24.4. The molecule has 0 aliphatic heterocycles. The predicted molar refractivity (Wildman–Crippen MR) is 113 cm³/mol. The molecular formula is C23H26N2O4S. The van der Waals surface area contributed by atoms with Gasteiger partial charge in [-0.15, -0.1) is 11.3 Å². The summed E-state index contributed by atoms with van der Waals surface area (Å²) >= 11 is 1.66. The molecule has 2 aromatic heterocycles. The molecule has 6 rings (SSSR count). The Hall–Kier alpha value is -2.28. The fourth-order valence-corrected chi connectivity index (χ4v) is 7.22. The lowest BCUT2D eigenvalue weighted by Gasteiger charge is -2.38. The number of Topliss-reactive ketones (excluding diaryl/α,β-unsaturated/α-hetero) is 1. The van der Waals surface area contributed by atoms with Gasteiger partial charge in [-0.25, -0.2) is 4.79 Å². The van der Waals surface area contributed by atoms with Crippen LogP contribution in [0.2, 0.25) is 0 Å². The number of aromatic nitrogens is 2. The summed E-state index contributed by atoms with van der Waals surface area (Å²) < 4.78 is 5.53. The van der Waals surface area contributed by atoms with Gasteiger partial charge in [0.2, 0.25) is 0 Å². The minimum Gasteiger partial charge on any atom is -0.478 e. The number of rotatable bonds is 5. The maximum Gasteiger partial charge on any atom is 0.332 e. The monoisotopic (exact) mass is 426 g/mol. The molecule has 2 heterocycles. The summed E-state index contributed by atoms with van der Waals surface area (Å²) in [5.74, 6) is 0.189. The van der Waals surface area contributed by atoms with Crippen LogP contribution in [0.3, 0.4) is 0 Å². The Kier molecular flexibility index (Phi) is 4.51. The zero-order valence-electron chi connectivity index (χ0n) is 17.6. The summed E-state index contributed by atoms with van der Waals surface area (Å²) in [6, 6.07) is 0. The molecule has 4 aliphatic carbocycles. The van der Waals surface area contributed by atoms with Gasteiger partial charge in [0.15, 0.2) is 11.6 Å². The van der Waals surface area contributed by atoms with Crippen molar-refractivity contribution in [2.75, 3.05) is 0 Å². The fourth-order valence-electron chi connectivity index (χ4n) is 5.74. The number of ketones is 1. The molecule has 4 aliphatic rings. The molecule has 2 aromatic rings. The third-order valence-corrected chi connectivity index (χ3v) is 8.38. The van der Waals surface area contributed by atoms with Crippen LogP contribution in [0.5, 0.6) is 0 Å². The van der Waals surface area contributed by atoms with Crippen molar-refractivity contribution in [3.05, 3.63) is 32.3 Å². The van der Waals surface area contributed by atoms with Crippen molar-refractivity contribution in [1.29, 1.82) is 0 Å². The third kappa shape index (κ3) is 2.97. The molecule has 6 nitrogen and oxygen atoms in total. The van der Waals surface area contributed by atoms with Crippen LogP contribution in [-0.2, 0) is 27.8 Å². The number of carbonyl (C=O) groups is 2. The van der Waals surface area contributed by atoms with Crippen molar-refractivity contribution in [3.63, 3.8) is 0 Å².